The molecule has 0 amide bonds. The number of rotatable bonds is 2. The van der Waals surface area contributed by atoms with E-state index in [2.05, 4.69) is 61.7 Å². The zero-order chi connectivity index (χ0) is 17.6. The summed E-state index contributed by atoms with van der Waals surface area (Å²) in [6.07, 6.45) is -0.0843. The first kappa shape index (κ1) is 16.2. The molecule has 2 aliphatic heterocycles. The van der Waals surface area contributed by atoms with E-state index in [0.29, 0.717) is 5.88 Å². The molecular weight excluding hydrogens is 312 g/mol. The Bertz CT molecular complexity index is 827. The molecule has 0 fully saturated rings. The molecule has 2 atom stereocenters. The van der Waals surface area contributed by atoms with Crippen LogP contribution in [-0.2, 0) is 16.8 Å². The number of benzene rings is 2. The number of hydrogen-bond donors (Lipinski definition) is 3. The van der Waals surface area contributed by atoms with Gasteiger partial charge in [-0.3, -0.25) is 5.32 Å². The lowest BCUT2D eigenvalue weighted by atomic mass is 9.85. The Labute approximate surface area is 148 Å². The van der Waals surface area contributed by atoms with Crippen molar-refractivity contribution >= 4 is 5.57 Å². The summed E-state index contributed by atoms with van der Waals surface area (Å²) in [5.74, 6) is 0.676. The lowest BCUT2D eigenvalue weighted by molar-refractivity contribution is 0.000448. The van der Waals surface area contributed by atoms with Crippen LogP contribution >= 0.6 is 0 Å². The summed E-state index contributed by atoms with van der Waals surface area (Å²) in [4.78, 5) is 0. The van der Waals surface area contributed by atoms with Crippen LogP contribution in [0.5, 0.6) is 0 Å². The van der Waals surface area contributed by atoms with Gasteiger partial charge in [0, 0.05) is 12.0 Å². The van der Waals surface area contributed by atoms with Crippen LogP contribution in [0.3, 0.4) is 0 Å². The Hall–Kier alpha value is -2.30. The summed E-state index contributed by atoms with van der Waals surface area (Å²) in [5.41, 5.74) is 4.88. The summed E-state index contributed by atoms with van der Waals surface area (Å²) in [5, 5.41) is 17.5. The third-order valence-corrected chi connectivity index (χ3v) is 4.94. The fourth-order valence-electron chi connectivity index (χ4n) is 3.71. The Morgan fingerprint density at radius 3 is 2.64 bits per heavy atom. The molecule has 2 aliphatic rings. The lowest BCUT2D eigenvalue weighted by Crippen LogP contribution is -2.55. The number of nitrogens with one attached hydrogen (secondary N) is 2. The monoisotopic (exact) mass is 336 g/mol. The Balaban J connectivity index is 1.70. The Morgan fingerprint density at radius 2 is 1.88 bits per heavy atom. The van der Waals surface area contributed by atoms with E-state index in [9.17, 15) is 5.11 Å². The van der Waals surface area contributed by atoms with Crippen molar-refractivity contribution < 1.29 is 9.84 Å². The van der Waals surface area contributed by atoms with Gasteiger partial charge in [-0.1, -0.05) is 54.1 Å². The fraction of sp³-hybridized carbons (Fsp3) is 0.333. The van der Waals surface area contributed by atoms with Crippen molar-refractivity contribution in [1.29, 1.82) is 0 Å². The second-order valence-electron chi connectivity index (χ2n) is 7.36. The van der Waals surface area contributed by atoms with Gasteiger partial charge in [0.15, 0.2) is 5.88 Å². The van der Waals surface area contributed by atoms with Gasteiger partial charge >= 0.3 is 0 Å². The number of ether oxygens (including phenoxy) is 1. The normalized spacial score (nSPS) is 24.0. The number of aryl methyl sites for hydroxylation is 1. The first-order valence-electron chi connectivity index (χ1n) is 8.73. The molecule has 4 rings (SSSR count). The van der Waals surface area contributed by atoms with E-state index in [4.69, 9.17) is 4.74 Å². The molecule has 0 saturated heterocycles. The van der Waals surface area contributed by atoms with E-state index in [0.717, 1.165) is 23.1 Å². The highest BCUT2D eigenvalue weighted by atomic mass is 16.5. The smallest absolute Gasteiger partial charge is 0.196 e. The van der Waals surface area contributed by atoms with Gasteiger partial charge in [0.05, 0.1) is 11.7 Å². The van der Waals surface area contributed by atoms with Gasteiger partial charge < -0.3 is 15.2 Å². The molecule has 0 saturated carbocycles. The van der Waals surface area contributed by atoms with Crippen molar-refractivity contribution in [2.45, 2.75) is 45.2 Å². The summed E-state index contributed by atoms with van der Waals surface area (Å²) >= 11 is 0. The van der Waals surface area contributed by atoms with Gasteiger partial charge in [-0.05, 0) is 31.9 Å². The SMILES string of the molecule is Cc1ccc2c(c1)C1=C(NC(Cc3ccccc3)NC1O)OC2(C)C. The topological polar surface area (TPSA) is 53.5 Å². The largest absolute Gasteiger partial charge is 0.468 e. The van der Waals surface area contributed by atoms with Gasteiger partial charge in [-0.25, -0.2) is 0 Å². The van der Waals surface area contributed by atoms with Gasteiger partial charge in [-0.2, -0.15) is 0 Å². The van der Waals surface area contributed by atoms with Crippen molar-refractivity contribution in [1.82, 2.24) is 10.6 Å². The summed E-state index contributed by atoms with van der Waals surface area (Å²) in [7, 11) is 0. The molecule has 4 heteroatoms. The fourth-order valence-corrected chi connectivity index (χ4v) is 3.71. The summed E-state index contributed by atoms with van der Waals surface area (Å²) in [6.45, 7) is 6.19. The molecule has 2 aromatic rings. The van der Waals surface area contributed by atoms with Crippen molar-refractivity contribution in [3.8, 4) is 0 Å². The molecule has 2 heterocycles. The van der Waals surface area contributed by atoms with Gasteiger partial charge in [0.25, 0.3) is 0 Å². The molecular formula is C21H24N2O2. The Kier molecular flexibility index (Phi) is 3.82. The van der Waals surface area contributed by atoms with Crippen molar-refractivity contribution in [3.05, 3.63) is 76.7 Å². The molecule has 0 spiro atoms. The van der Waals surface area contributed by atoms with E-state index in [1.807, 2.05) is 18.2 Å². The van der Waals surface area contributed by atoms with Gasteiger partial charge in [-0.15, -0.1) is 0 Å². The zero-order valence-electron chi connectivity index (χ0n) is 14.8. The quantitative estimate of drug-likeness (QED) is 0.789. The molecule has 3 N–H and O–H groups in total. The predicted molar refractivity (Wildman–Crippen MR) is 98.4 cm³/mol. The minimum absolute atomic E-state index is 0.0849. The number of fused-ring (bicyclic) bond motifs is 2. The molecule has 130 valence electrons. The van der Waals surface area contributed by atoms with Crippen molar-refractivity contribution in [2.75, 3.05) is 0 Å². The molecule has 2 unspecified atom stereocenters. The molecule has 0 aliphatic carbocycles. The molecule has 0 radical (unpaired) electrons. The van der Waals surface area contributed by atoms with Crippen LogP contribution < -0.4 is 10.6 Å². The van der Waals surface area contributed by atoms with E-state index in [1.165, 1.54) is 11.1 Å². The second kappa shape index (κ2) is 5.90. The standard InChI is InChI=1S/C21H24N2O2/c1-13-9-10-16-15(11-13)18-19(24)22-17(12-14-7-5-4-6-8-14)23-20(18)25-21(16,2)3/h4-11,17,19,22-24H,12H2,1-3H3. The van der Waals surface area contributed by atoms with Crippen LogP contribution in [0, 0.1) is 6.92 Å². The Morgan fingerprint density at radius 1 is 1.12 bits per heavy atom. The molecule has 0 bridgehead atoms. The van der Waals surface area contributed by atoms with Crippen LogP contribution in [0.15, 0.2) is 54.4 Å². The highest BCUT2D eigenvalue weighted by Crippen LogP contribution is 2.42. The predicted octanol–water partition coefficient (Wildman–Crippen LogP) is 3.01. The maximum atomic E-state index is 10.8. The van der Waals surface area contributed by atoms with Crippen LogP contribution in [0.25, 0.3) is 5.57 Å². The first-order valence-corrected chi connectivity index (χ1v) is 8.73. The minimum Gasteiger partial charge on any atom is -0.468 e. The number of hydrogen-bond acceptors (Lipinski definition) is 4. The average Bonchev–Trinajstić information content (AvgIpc) is 2.54. The zero-order valence-corrected chi connectivity index (χ0v) is 14.8. The third kappa shape index (κ3) is 2.92. The van der Waals surface area contributed by atoms with E-state index in [1.54, 1.807) is 0 Å². The molecule has 2 aromatic carbocycles. The van der Waals surface area contributed by atoms with E-state index in [-0.39, 0.29) is 6.17 Å². The van der Waals surface area contributed by atoms with Gasteiger partial charge in [0.2, 0.25) is 0 Å². The van der Waals surface area contributed by atoms with Crippen LogP contribution in [-0.4, -0.2) is 17.5 Å². The first-order chi connectivity index (χ1) is 11.9. The lowest BCUT2D eigenvalue weighted by Gasteiger charge is -2.42. The number of aliphatic hydroxyl groups is 1. The molecule has 4 nitrogen and oxygen atoms in total. The van der Waals surface area contributed by atoms with E-state index < -0.39 is 11.8 Å². The minimum atomic E-state index is -0.762. The maximum Gasteiger partial charge on any atom is 0.196 e. The van der Waals surface area contributed by atoms with Gasteiger partial charge in [0.1, 0.15) is 11.8 Å². The number of aliphatic hydroxyl groups excluding tert-OH is 1. The molecule has 0 aromatic heterocycles. The van der Waals surface area contributed by atoms with Crippen LogP contribution in [0.2, 0.25) is 0 Å². The van der Waals surface area contributed by atoms with E-state index >= 15 is 0 Å². The van der Waals surface area contributed by atoms with Crippen molar-refractivity contribution in [3.63, 3.8) is 0 Å². The van der Waals surface area contributed by atoms with Crippen molar-refractivity contribution in [2.24, 2.45) is 0 Å². The summed E-state index contributed by atoms with van der Waals surface area (Å²) < 4.78 is 6.25. The third-order valence-electron chi connectivity index (χ3n) is 4.94. The highest BCUT2D eigenvalue weighted by Gasteiger charge is 2.40. The average molecular weight is 336 g/mol. The second-order valence-corrected chi connectivity index (χ2v) is 7.36. The summed E-state index contributed by atoms with van der Waals surface area (Å²) in [6, 6.07) is 16.5. The highest BCUT2D eigenvalue weighted by molar-refractivity contribution is 5.76. The maximum absolute atomic E-state index is 10.8. The van der Waals surface area contributed by atoms with Crippen LogP contribution in [0.4, 0.5) is 0 Å². The van der Waals surface area contributed by atoms with Crippen LogP contribution in [0.1, 0.15) is 36.1 Å². The molecule has 25 heavy (non-hydrogen) atoms.